The molecule has 3 aliphatic rings. The Kier molecular flexibility index (Phi) is 6.07. The number of piperidine rings is 1. The highest BCUT2D eigenvalue weighted by molar-refractivity contribution is 5.97. The standard InChI is InChI=1S/C24H27FN4O4/c25-17-3-1-15(2-4-17)22(30)16-5-9-28(10-6-16)20-7-11-29(24(20)32)13-21-26-19-8-12-33-14-18(19)23(31)27-21/h1-4,16,20H,5-14H2,(H,26,27,31)/t20-/m0/s1. The third-order valence-corrected chi connectivity index (χ3v) is 6.96. The first-order chi connectivity index (χ1) is 16.0. The van der Waals surface area contributed by atoms with Crippen molar-refractivity contribution < 1.29 is 18.7 Å². The minimum absolute atomic E-state index is 0.0434. The molecule has 1 atom stereocenters. The summed E-state index contributed by atoms with van der Waals surface area (Å²) in [7, 11) is 0. The first-order valence-electron chi connectivity index (χ1n) is 11.5. The average Bonchev–Trinajstić information content (AvgIpc) is 3.19. The van der Waals surface area contributed by atoms with E-state index in [1.165, 1.54) is 24.3 Å². The number of ketones is 1. The number of nitrogens with one attached hydrogen (secondary N) is 1. The van der Waals surface area contributed by atoms with Gasteiger partial charge in [0.2, 0.25) is 5.91 Å². The van der Waals surface area contributed by atoms with Crippen molar-refractivity contribution >= 4 is 11.7 Å². The predicted octanol–water partition coefficient (Wildman–Crippen LogP) is 1.68. The molecule has 1 N–H and O–H groups in total. The lowest BCUT2D eigenvalue weighted by atomic mass is 9.88. The Morgan fingerprint density at radius 3 is 2.64 bits per heavy atom. The molecule has 2 fully saturated rings. The van der Waals surface area contributed by atoms with Crippen molar-refractivity contribution in [2.45, 2.75) is 44.9 Å². The van der Waals surface area contributed by atoms with Crippen LogP contribution >= 0.6 is 0 Å². The van der Waals surface area contributed by atoms with Gasteiger partial charge in [-0.2, -0.15) is 0 Å². The second-order valence-corrected chi connectivity index (χ2v) is 8.99. The van der Waals surface area contributed by atoms with Gasteiger partial charge >= 0.3 is 0 Å². The highest BCUT2D eigenvalue weighted by atomic mass is 19.1. The third kappa shape index (κ3) is 4.47. The van der Waals surface area contributed by atoms with Crippen LogP contribution in [-0.2, 0) is 29.1 Å². The number of carbonyl (C=O) groups is 2. The first-order valence-corrected chi connectivity index (χ1v) is 11.5. The van der Waals surface area contributed by atoms with Crippen LogP contribution in [0, 0.1) is 11.7 Å². The van der Waals surface area contributed by atoms with Gasteiger partial charge < -0.3 is 14.6 Å². The van der Waals surface area contributed by atoms with Gasteiger partial charge in [-0.05, 0) is 56.6 Å². The number of hydrogen-bond acceptors (Lipinski definition) is 6. The molecule has 4 heterocycles. The summed E-state index contributed by atoms with van der Waals surface area (Å²) in [5, 5.41) is 0. The van der Waals surface area contributed by atoms with Crippen molar-refractivity contribution in [2.24, 2.45) is 5.92 Å². The molecule has 1 aromatic carbocycles. The zero-order valence-electron chi connectivity index (χ0n) is 18.4. The summed E-state index contributed by atoms with van der Waals surface area (Å²) in [5.41, 5.74) is 1.69. The molecule has 3 aliphatic heterocycles. The van der Waals surface area contributed by atoms with Crippen LogP contribution < -0.4 is 5.56 Å². The number of fused-ring (bicyclic) bond motifs is 1. The SMILES string of the molecule is O=C(c1ccc(F)cc1)C1CCN([C@H]2CCN(Cc3nc4c(c(=O)[nH]3)COCC4)C2=O)CC1. The van der Waals surface area contributed by atoms with Gasteiger partial charge in [0.1, 0.15) is 11.6 Å². The van der Waals surface area contributed by atoms with E-state index >= 15 is 0 Å². The van der Waals surface area contributed by atoms with Crippen molar-refractivity contribution in [1.82, 2.24) is 19.8 Å². The van der Waals surface area contributed by atoms with Crippen LogP contribution in [0.15, 0.2) is 29.1 Å². The predicted molar refractivity (Wildman–Crippen MR) is 117 cm³/mol. The molecule has 0 spiro atoms. The molecule has 1 amide bonds. The summed E-state index contributed by atoms with van der Waals surface area (Å²) < 4.78 is 18.5. The molecule has 174 valence electrons. The monoisotopic (exact) mass is 454 g/mol. The van der Waals surface area contributed by atoms with Crippen molar-refractivity contribution in [3.63, 3.8) is 0 Å². The van der Waals surface area contributed by atoms with Gasteiger partial charge in [0.25, 0.3) is 5.56 Å². The average molecular weight is 455 g/mol. The number of aromatic amines is 1. The summed E-state index contributed by atoms with van der Waals surface area (Å²) >= 11 is 0. The molecular weight excluding hydrogens is 427 g/mol. The summed E-state index contributed by atoms with van der Waals surface area (Å²) in [6.07, 6.45) is 2.69. The summed E-state index contributed by atoms with van der Waals surface area (Å²) in [4.78, 5) is 49.4. The number of hydrogen-bond donors (Lipinski definition) is 1. The highest BCUT2D eigenvalue weighted by Gasteiger charge is 2.38. The minimum Gasteiger partial charge on any atom is -0.376 e. The number of H-pyrrole nitrogens is 1. The molecule has 0 unspecified atom stereocenters. The Labute approximate surface area is 190 Å². The van der Waals surface area contributed by atoms with Gasteiger partial charge in [-0.25, -0.2) is 9.37 Å². The van der Waals surface area contributed by atoms with E-state index in [1.807, 2.05) is 0 Å². The lowest BCUT2D eigenvalue weighted by molar-refractivity contribution is -0.133. The normalized spacial score (nSPS) is 21.9. The Bertz CT molecular complexity index is 1110. The summed E-state index contributed by atoms with van der Waals surface area (Å²) in [6.45, 7) is 3.08. The molecule has 8 nitrogen and oxygen atoms in total. The molecule has 0 saturated carbocycles. The van der Waals surface area contributed by atoms with E-state index in [0.717, 1.165) is 12.1 Å². The van der Waals surface area contributed by atoms with Gasteiger partial charge in [0.15, 0.2) is 5.78 Å². The maximum Gasteiger partial charge on any atom is 0.256 e. The van der Waals surface area contributed by atoms with Crippen molar-refractivity contribution in [3.8, 4) is 0 Å². The van der Waals surface area contributed by atoms with Crippen LogP contribution in [0.4, 0.5) is 4.39 Å². The van der Waals surface area contributed by atoms with Crippen molar-refractivity contribution in [3.05, 3.63) is 63.1 Å². The Morgan fingerprint density at radius 2 is 1.88 bits per heavy atom. The number of carbonyl (C=O) groups excluding carboxylic acids is 2. The van der Waals surface area contributed by atoms with E-state index in [1.54, 1.807) is 4.90 Å². The van der Waals surface area contributed by atoms with E-state index < -0.39 is 0 Å². The number of likely N-dealkylation sites (tertiary alicyclic amines) is 2. The quantitative estimate of drug-likeness (QED) is 0.691. The number of nitrogens with zero attached hydrogens (tertiary/aromatic N) is 3. The van der Waals surface area contributed by atoms with E-state index in [0.29, 0.717) is 62.5 Å². The molecule has 2 saturated heterocycles. The fraction of sp³-hybridized carbons (Fsp3) is 0.500. The van der Waals surface area contributed by atoms with E-state index in [-0.39, 0.29) is 48.2 Å². The minimum atomic E-state index is -0.352. The fourth-order valence-corrected chi connectivity index (χ4v) is 5.09. The van der Waals surface area contributed by atoms with Gasteiger partial charge in [0, 0.05) is 24.4 Å². The number of benzene rings is 1. The van der Waals surface area contributed by atoms with Gasteiger partial charge in [-0.15, -0.1) is 0 Å². The van der Waals surface area contributed by atoms with Crippen LogP contribution in [0.1, 0.15) is 46.7 Å². The number of ether oxygens (including phenoxy) is 1. The Balaban J connectivity index is 1.18. The zero-order chi connectivity index (χ0) is 22.9. The molecule has 2 aromatic rings. The number of aromatic nitrogens is 2. The summed E-state index contributed by atoms with van der Waals surface area (Å²) in [6, 6.07) is 5.49. The molecule has 33 heavy (non-hydrogen) atoms. The largest absolute Gasteiger partial charge is 0.376 e. The van der Waals surface area contributed by atoms with E-state index in [9.17, 15) is 18.8 Å². The van der Waals surface area contributed by atoms with Crippen LogP contribution in [0.5, 0.6) is 0 Å². The lowest BCUT2D eigenvalue weighted by Gasteiger charge is -2.34. The molecule has 0 bridgehead atoms. The van der Waals surface area contributed by atoms with Crippen molar-refractivity contribution in [1.29, 1.82) is 0 Å². The lowest BCUT2D eigenvalue weighted by Crippen LogP contribution is -2.46. The van der Waals surface area contributed by atoms with Crippen LogP contribution in [0.3, 0.4) is 0 Å². The third-order valence-electron chi connectivity index (χ3n) is 6.96. The zero-order valence-corrected chi connectivity index (χ0v) is 18.4. The fourth-order valence-electron chi connectivity index (χ4n) is 5.09. The molecule has 0 radical (unpaired) electrons. The van der Waals surface area contributed by atoms with Crippen LogP contribution in [0.2, 0.25) is 0 Å². The summed E-state index contributed by atoms with van der Waals surface area (Å²) in [5.74, 6) is 0.143. The Hall–Kier alpha value is -2.91. The van der Waals surface area contributed by atoms with Gasteiger partial charge in [-0.3, -0.25) is 19.3 Å². The van der Waals surface area contributed by atoms with E-state index in [2.05, 4.69) is 14.9 Å². The maximum atomic E-state index is 13.1. The topological polar surface area (TPSA) is 95.6 Å². The highest BCUT2D eigenvalue weighted by Crippen LogP contribution is 2.27. The Morgan fingerprint density at radius 1 is 1.12 bits per heavy atom. The van der Waals surface area contributed by atoms with Crippen LogP contribution in [0.25, 0.3) is 0 Å². The van der Waals surface area contributed by atoms with Crippen molar-refractivity contribution in [2.75, 3.05) is 26.2 Å². The van der Waals surface area contributed by atoms with Gasteiger partial charge in [-0.1, -0.05) is 0 Å². The van der Waals surface area contributed by atoms with Gasteiger partial charge in [0.05, 0.1) is 37.1 Å². The number of rotatable bonds is 5. The molecule has 0 aliphatic carbocycles. The number of halogens is 1. The smallest absolute Gasteiger partial charge is 0.256 e. The number of Topliss-reactive ketones (excluding diaryl/α,β-unsaturated/α-hetero) is 1. The second-order valence-electron chi connectivity index (χ2n) is 8.99. The van der Waals surface area contributed by atoms with Crippen LogP contribution in [-0.4, -0.2) is 63.7 Å². The maximum absolute atomic E-state index is 13.1. The first kappa shape index (κ1) is 21.9. The molecular formula is C24H27FN4O4. The molecule has 1 aromatic heterocycles. The number of amides is 1. The molecule has 9 heteroatoms. The second kappa shape index (κ2) is 9.15. The van der Waals surface area contributed by atoms with E-state index in [4.69, 9.17) is 4.74 Å². The molecule has 5 rings (SSSR count).